The molecule has 0 aliphatic rings. The van der Waals surface area contributed by atoms with Gasteiger partial charge in [-0.05, 0) is 12.1 Å². The molecule has 0 saturated heterocycles. The summed E-state index contributed by atoms with van der Waals surface area (Å²) in [5.41, 5.74) is 6.47. The third-order valence-corrected chi connectivity index (χ3v) is 3.91. The van der Waals surface area contributed by atoms with Crippen molar-refractivity contribution in [3.05, 3.63) is 59.5 Å². The number of primary amides is 1. The van der Waals surface area contributed by atoms with Crippen LogP contribution < -0.4 is 5.73 Å². The van der Waals surface area contributed by atoms with Gasteiger partial charge in [-0.1, -0.05) is 35.0 Å². The maximum Gasteiger partial charge on any atom is 0.315 e. The Hall–Kier alpha value is -3.26. The molecule has 25 heavy (non-hydrogen) atoms. The van der Waals surface area contributed by atoms with E-state index in [1.807, 2.05) is 24.3 Å². The summed E-state index contributed by atoms with van der Waals surface area (Å²) in [7, 11) is 0. The van der Waals surface area contributed by atoms with Crippen molar-refractivity contribution < 1.29 is 9.32 Å². The van der Waals surface area contributed by atoms with Crippen LogP contribution in [0.3, 0.4) is 0 Å². The Balaban J connectivity index is 1.71. The van der Waals surface area contributed by atoms with Gasteiger partial charge in [0.2, 0.25) is 0 Å². The molecule has 1 amide bonds. The van der Waals surface area contributed by atoms with E-state index in [4.69, 9.17) is 21.9 Å². The van der Waals surface area contributed by atoms with Crippen LogP contribution in [0.15, 0.2) is 47.2 Å². The van der Waals surface area contributed by atoms with Crippen molar-refractivity contribution in [2.75, 3.05) is 0 Å². The summed E-state index contributed by atoms with van der Waals surface area (Å²) < 4.78 is 6.58. The van der Waals surface area contributed by atoms with Crippen LogP contribution in [0.25, 0.3) is 22.4 Å². The number of halogens is 1. The first kappa shape index (κ1) is 15.3. The van der Waals surface area contributed by atoms with Crippen LogP contribution in [0.4, 0.5) is 0 Å². The van der Waals surface area contributed by atoms with Gasteiger partial charge in [0.25, 0.3) is 0 Å². The average molecular weight is 355 g/mol. The smallest absolute Gasteiger partial charge is 0.315 e. The monoisotopic (exact) mass is 354 g/mol. The number of rotatable bonds is 4. The first-order chi connectivity index (χ1) is 12.1. The number of hydrogen-bond donors (Lipinski definition) is 1. The maximum atomic E-state index is 11.0. The lowest BCUT2D eigenvalue weighted by atomic mass is 10.2. The van der Waals surface area contributed by atoms with Gasteiger partial charge >= 0.3 is 11.8 Å². The van der Waals surface area contributed by atoms with Gasteiger partial charge in [-0.15, -0.1) is 0 Å². The molecule has 0 atom stereocenters. The fourth-order valence-corrected chi connectivity index (χ4v) is 2.70. The van der Waals surface area contributed by atoms with Crippen molar-refractivity contribution in [1.82, 2.24) is 24.7 Å². The van der Waals surface area contributed by atoms with E-state index in [-0.39, 0.29) is 12.4 Å². The molecule has 0 aliphatic carbocycles. The van der Waals surface area contributed by atoms with Gasteiger partial charge in [0, 0.05) is 17.8 Å². The van der Waals surface area contributed by atoms with Crippen molar-refractivity contribution in [3.8, 4) is 11.5 Å². The highest BCUT2D eigenvalue weighted by molar-refractivity contribution is 6.35. The Morgan fingerprint density at radius 3 is 2.92 bits per heavy atom. The molecule has 0 aliphatic heterocycles. The molecule has 1 aromatic carbocycles. The molecule has 3 aromatic heterocycles. The highest BCUT2D eigenvalue weighted by atomic mass is 35.5. The third kappa shape index (κ3) is 2.83. The van der Waals surface area contributed by atoms with E-state index in [0.29, 0.717) is 27.9 Å². The molecular formula is C16H11ClN6O2. The molecule has 8 nitrogen and oxygen atoms in total. The lowest BCUT2D eigenvalue weighted by Crippen LogP contribution is -2.11. The molecule has 2 N–H and O–H groups in total. The second kappa shape index (κ2) is 5.99. The maximum absolute atomic E-state index is 11.0. The Bertz CT molecular complexity index is 1090. The average Bonchev–Trinajstić information content (AvgIpc) is 3.25. The highest BCUT2D eigenvalue weighted by Gasteiger charge is 2.15. The number of aromatic nitrogens is 5. The third-order valence-electron chi connectivity index (χ3n) is 3.61. The molecule has 9 heteroatoms. The number of nitrogens with two attached hydrogens (primary N) is 1. The highest BCUT2D eigenvalue weighted by Crippen LogP contribution is 2.25. The largest absolute Gasteiger partial charge is 0.361 e. The van der Waals surface area contributed by atoms with Gasteiger partial charge in [-0.3, -0.25) is 4.79 Å². The van der Waals surface area contributed by atoms with Gasteiger partial charge < -0.3 is 14.8 Å². The topological polar surface area (TPSA) is 113 Å². The van der Waals surface area contributed by atoms with Crippen molar-refractivity contribution >= 4 is 28.4 Å². The molecule has 0 unspecified atom stereocenters. The second-order valence-corrected chi connectivity index (χ2v) is 5.67. The Kier molecular flexibility index (Phi) is 3.66. The molecular weight excluding hydrogens is 344 g/mol. The van der Waals surface area contributed by atoms with Gasteiger partial charge in [-0.25, -0.2) is 9.97 Å². The number of amides is 1. The number of fused-ring (bicyclic) bond motifs is 1. The number of benzene rings is 1. The van der Waals surface area contributed by atoms with Gasteiger partial charge in [0.05, 0.1) is 17.1 Å². The number of para-hydroxylation sites is 1. The Morgan fingerprint density at radius 2 is 2.12 bits per heavy atom. The van der Waals surface area contributed by atoms with Crippen LogP contribution in [0, 0.1) is 0 Å². The Labute approximate surface area is 146 Å². The molecule has 0 fully saturated rings. The van der Waals surface area contributed by atoms with E-state index in [1.165, 1.54) is 0 Å². The zero-order valence-corrected chi connectivity index (χ0v) is 13.5. The molecule has 0 bridgehead atoms. The van der Waals surface area contributed by atoms with E-state index in [9.17, 15) is 4.79 Å². The van der Waals surface area contributed by atoms with E-state index >= 15 is 0 Å². The van der Waals surface area contributed by atoms with Crippen LogP contribution in [0.2, 0.25) is 5.02 Å². The summed E-state index contributed by atoms with van der Waals surface area (Å²) >= 11 is 6.23. The quantitative estimate of drug-likeness (QED) is 0.601. The zero-order chi connectivity index (χ0) is 17.4. The van der Waals surface area contributed by atoms with Crippen LogP contribution in [0.1, 0.15) is 16.5 Å². The summed E-state index contributed by atoms with van der Waals surface area (Å²) in [5, 5.41) is 5.25. The fraction of sp³-hybridized carbons (Fsp3) is 0.0625. The molecule has 0 radical (unpaired) electrons. The minimum Gasteiger partial charge on any atom is -0.361 e. The van der Waals surface area contributed by atoms with E-state index < -0.39 is 5.91 Å². The van der Waals surface area contributed by atoms with Crippen LogP contribution in [-0.4, -0.2) is 30.6 Å². The van der Waals surface area contributed by atoms with Gasteiger partial charge in [-0.2, -0.15) is 4.98 Å². The normalized spacial score (nSPS) is 11.1. The number of pyridine rings is 1. The fourth-order valence-electron chi connectivity index (χ4n) is 2.48. The minimum atomic E-state index is -0.768. The molecule has 4 aromatic rings. The van der Waals surface area contributed by atoms with E-state index in [1.54, 1.807) is 23.0 Å². The minimum absolute atomic E-state index is 0.229. The SMILES string of the molecule is NC(=O)c1nc(Cn2ccnc2-c2ccc3cccc(Cl)c3n2)no1. The van der Waals surface area contributed by atoms with Crippen molar-refractivity contribution in [2.45, 2.75) is 6.54 Å². The summed E-state index contributed by atoms with van der Waals surface area (Å²) in [6.45, 7) is 0.258. The van der Waals surface area contributed by atoms with E-state index in [0.717, 1.165) is 5.39 Å². The second-order valence-electron chi connectivity index (χ2n) is 5.27. The molecule has 0 spiro atoms. The number of carbonyl (C=O) groups excluding carboxylic acids is 1. The predicted octanol–water partition coefficient (Wildman–Crippen LogP) is 2.28. The van der Waals surface area contributed by atoms with Crippen molar-refractivity contribution in [2.24, 2.45) is 5.73 Å². The van der Waals surface area contributed by atoms with E-state index in [2.05, 4.69) is 20.1 Å². The first-order valence-electron chi connectivity index (χ1n) is 7.31. The summed E-state index contributed by atoms with van der Waals surface area (Å²) in [4.78, 5) is 23.9. The summed E-state index contributed by atoms with van der Waals surface area (Å²) in [5.74, 6) is -0.0677. The Morgan fingerprint density at radius 1 is 1.24 bits per heavy atom. The molecule has 124 valence electrons. The van der Waals surface area contributed by atoms with Crippen molar-refractivity contribution in [3.63, 3.8) is 0 Å². The zero-order valence-electron chi connectivity index (χ0n) is 12.8. The van der Waals surface area contributed by atoms with Gasteiger partial charge in [0.15, 0.2) is 11.6 Å². The molecule has 3 heterocycles. The lowest BCUT2D eigenvalue weighted by molar-refractivity contribution is 0.0958. The number of carbonyl (C=O) groups is 1. The number of nitrogens with zero attached hydrogens (tertiary/aromatic N) is 5. The summed E-state index contributed by atoms with van der Waals surface area (Å²) in [6.07, 6.45) is 3.40. The van der Waals surface area contributed by atoms with Crippen LogP contribution >= 0.6 is 11.6 Å². The van der Waals surface area contributed by atoms with Gasteiger partial charge in [0.1, 0.15) is 5.69 Å². The number of hydrogen-bond acceptors (Lipinski definition) is 6. The lowest BCUT2D eigenvalue weighted by Gasteiger charge is -2.06. The first-order valence-corrected chi connectivity index (χ1v) is 7.69. The number of imidazole rings is 1. The van der Waals surface area contributed by atoms with Crippen molar-refractivity contribution in [1.29, 1.82) is 0 Å². The summed E-state index contributed by atoms with van der Waals surface area (Å²) in [6, 6.07) is 9.40. The van der Waals surface area contributed by atoms with Crippen LogP contribution in [0.5, 0.6) is 0 Å². The standard InChI is InChI=1S/C16H11ClN6O2/c17-10-3-1-2-9-4-5-11(20-13(9)10)15-19-6-7-23(15)8-12-21-16(14(18)24)25-22-12/h1-7H,8H2,(H2,18,24). The van der Waals surface area contributed by atoms with Crippen LogP contribution in [-0.2, 0) is 6.54 Å². The molecule has 4 rings (SSSR count). The molecule has 0 saturated carbocycles. The predicted molar refractivity (Wildman–Crippen MR) is 89.9 cm³/mol.